The molecule has 0 spiro atoms. The summed E-state index contributed by atoms with van der Waals surface area (Å²) < 4.78 is 5.27. The lowest BCUT2D eigenvalue weighted by Crippen LogP contribution is -2.57. The molecule has 28 heavy (non-hydrogen) atoms. The molecule has 2 amide bonds. The number of hydrogen-bond donors (Lipinski definition) is 1. The van der Waals surface area contributed by atoms with Crippen LogP contribution in [0.2, 0.25) is 0 Å². The van der Waals surface area contributed by atoms with Crippen molar-refractivity contribution >= 4 is 17.5 Å². The SMILES string of the molecule is COc1cccc(NC(=O)C(C2CCCC2)N2CCN(C(=O)C3CC3)CC2)c1. The molecular formula is C22H31N3O3. The van der Waals surface area contributed by atoms with Gasteiger partial charge >= 0.3 is 0 Å². The Balaban J connectivity index is 1.43. The first kappa shape index (κ1) is 19.2. The topological polar surface area (TPSA) is 61.9 Å². The second-order valence-corrected chi connectivity index (χ2v) is 8.35. The van der Waals surface area contributed by atoms with Crippen molar-refractivity contribution in [1.82, 2.24) is 9.80 Å². The second-order valence-electron chi connectivity index (χ2n) is 8.35. The Morgan fingerprint density at radius 3 is 2.43 bits per heavy atom. The van der Waals surface area contributed by atoms with Crippen molar-refractivity contribution in [3.63, 3.8) is 0 Å². The average molecular weight is 386 g/mol. The fraction of sp³-hybridized carbons (Fsp3) is 0.636. The second kappa shape index (κ2) is 8.52. The summed E-state index contributed by atoms with van der Waals surface area (Å²) in [5.41, 5.74) is 0.773. The molecule has 0 radical (unpaired) electrons. The van der Waals surface area contributed by atoms with Gasteiger partial charge in [-0.05, 0) is 43.7 Å². The number of hydrogen-bond acceptors (Lipinski definition) is 4. The molecule has 1 N–H and O–H groups in total. The molecule has 6 heteroatoms. The molecule has 1 heterocycles. The van der Waals surface area contributed by atoms with E-state index in [2.05, 4.69) is 10.2 Å². The Morgan fingerprint density at radius 1 is 1.07 bits per heavy atom. The monoisotopic (exact) mass is 385 g/mol. The smallest absolute Gasteiger partial charge is 0.242 e. The molecule has 1 unspecified atom stereocenters. The highest BCUT2D eigenvalue weighted by Crippen LogP contribution is 2.33. The molecule has 152 valence electrons. The Bertz CT molecular complexity index is 705. The fourth-order valence-electron chi connectivity index (χ4n) is 4.68. The summed E-state index contributed by atoms with van der Waals surface area (Å²) in [5, 5.41) is 3.11. The van der Waals surface area contributed by atoms with E-state index >= 15 is 0 Å². The third-order valence-corrected chi connectivity index (χ3v) is 6.40. The highest BCUT2D eigenvalue weighted by Gasteiger charge is 2.39. The summed E-state index contributed by atoms with van der Waals surface area (Å²) in [6.07, 6.45) is 6.72. The average Bonchev–Trinajstić information content (AvgIpc) is 3.44. The van der Waals surface area contributed by atoms with Crippen LogP contribution in [0.4, 0.5) is 5.69 Å². The lowest BCUT2D eigenvalue weighted by Gasteiger charge is -2.40. The first-order valence-electron chi connectivity index (χ1n) is 10.6. The predicted octanol–water partition coefficient (Wildman–Crippen LogP) is 2.75. The number of ether oxygens (including phenoxy) is 1. The van der Waals surface area contributed by atoms with Crippen LogP contribution < -0.4 is 10.1 Å². The van der Waals surface area contributed by atoms with Crippen LogP contribution in [-0.4, -0.2) is 60.9 Å². The van der Waals surface area contributed by atoms with Crippen LogP contribution in [0.15, 0.2) is 24.3 Å². The first-order chi connectivity index (χ1) is 13.7. The minimum absolute atomic E-state index is 0.0714. The number of carbonyl (C=O) groups is 2. The normalized spacial score (nSPS) is 22.1. The van der Waals surface area contributed by atoms with Crippen LogP contribution in [0.3, 0.4) is 0 Å². The zero-order chi connectivity index (χ0) is 19.5. The van der Waals surface area contributed by atoms with Gasteiger partial charge in [0.1, 0.15) is 5.75 Å². The number of piperazine rings is 1. The fourth-order valence-corrected chi connectivity index (χ4v) is 4.68. The molecular weight excluding hydrogens is 354 g/mol. The van der Waals surface area contributed by atoms with E-state index in [0.29, 0.717) is 11.8 Å². The number of nitrogens with one attached hydrogen (secondary N) is 1. The van der Waals surface area contributed by atoms with Crippen molar-refractivity contribution in [2.24, 2.45) is 11.8 Å². The lowest BCUT2D eigenvalue weighted by atomic mass is 9.94. The zero-order valence-electron chi connectivity index (χ0n) is 16.7. The Morgan fingerprint density at radius 2 is 1.79 bits per heavy atom. The number of carbonyl (C=O) groups excluding carboxylic acids is 2. The van der Waals surface area contributed by atoms with Gasteiger partial charge in [-0.15, -0.1) is 0 Å². The number of benzene rings is 1. The number of rotatable bonds is 6. The Kier molecular flexibility index (Phi) is 5.85. The quantitative estimate of drug-likeness (QED) is 0.818. The van der Waals surface area contributed by atoms with Gasteiger partial charge in [0.15, 0.2) is 0 Å². The van der Waals surface area contributed by atoms with Gasteiger partial charge in [-0.25, -0.2) is 0 Å². The standard InChI is InChI=1S/C22H31N3O3/c1-28-19-8-4-7-18(15-19)23-21(26)20(16-5-2-3-6-16)24-11-13-25(14-12-24)22(27)17-9-10-17/h4,7-8,15-17,20H,2-3,5-6,9-14H2,1H3,(H,23,26). The van der Waals surface area contributed by atoms with Crippen molar-refractivity contribution in [2.45, 2.75) is 44.6 Å². The van der Waals surface area contributed by atoms with Crippen molar-refractivity contribution in [3.8, 4) is 5.75 Å². The number of nitrogens with zero attached hydrogens (tertiary/aromatic N) is 2. The van der Waals surface area contributed by atoms with E-state index in [1.54, 1.807) is 7.11 Å². The third-order valence-electron chi connectivity index (χ3n) is 6.40. The van der Waals surface area contributed by atoms with Gasteiger partial charge in [0.05, 0.1) is 13.2 Å². The largest absolute Gasteiger partial charge is 0.497 e. The van der Waals surface area contributed by atoms with E-state index in [1.165, 1.54) is 12.8 Å². The maximum atomic E-state index is 13.3. The highest BCUT2D eigenvalue weighted by molar-refractivity contribution is 5.95. The molecule has 1 aromatic rings. The summed E-state index contributed by atoms with van der Waals surface area (Å²) in [4.78, 5) is 29.9. The summed E-state index contributed by atoms with van der Waals surface area (Å²) in [6, 6.07) is 7.40. The van der Waals surface area contributed by atoms with Gasteiger partial charge in [0, 0.05) is 43.9 Å². The van der Waals surface area contributed by atoms with E-state index in [-0.39, 0.29) is 17.9 Å². The van der Waals surface area contributed by atoms with Crippen molar-refractivity contribution in [1.29, 1.82) is 0 Å². The van der Waals surface area contributed by atoms with Crippen LogP contribution >= 0.6 is 0 Å². The van der Waals surface area contributed by atoms with Gasteiger partial charge in [0.2, 0.25) is 11.8 Å². The molecule has 1 atom stereocenters. The number of anilines is 1. The van der Waals surface area contributed by atoms with Crippen molar-refractivity contribution in [2.75, 3.05) is 38.6 Å². The molecule has 4 rings (SSSR count). The van der Waals surface area contributed by atoms with Crippen LogP contribution in [0.25, 0.3) is 0 Å². The molecule has 1 aromatic carbocycles. The molecule has 2 aliphatic carbocycles. The molecule has 2 saturated carbocycles. The van der Waals surface area contributed by atoms with E-state index in [4.69, 9.17) is 4.74 Å². The molecule has 0 bridgehead atoms. The van der Waals surface area contributed by atoms with Gasteiger partial charge in [-0.3, -0.25) is 14.5 Å². The molecule has 3 aliphatic rings. The van der Waals surface area contributed by atoms with Gasteiger partial charge in [-0.2, -0.15) is 0 Å². The maximum Gasteiger partial charge on any atom is 0.242 e. The van der Waals surface area contributed by atoms with E-state index in [9.17, 15) is 9.59 Å². The molecule has 3 fully saturated rings. The Labute approximate surface area is 167 Å². The van der Waals surface area contributed by atoms with Gasteiger partial charge in [-0.1, -0.05) is 18.9 Å². The summed E-state index contributed by atoms with van der Waals surface area (Å²) in [7, 11) is 1.63. The van der Waals surface area contributed by atoms with Gasteiger partial charge in [0.25, 0.3) is 0 Å². The Hall–Kier alpha value is -2.08. The first-order valence-corrected chi connectivity index (χ1v) is 10.6. The minimum Gasteiger partial charge on any atom is -0.497 e. The highest BCUT2D eigenvalue weighted by atomic mass is 16.5. The van der Waals surface area contributed by atoms with E-state index in [1.807, 2.05) is 29.2 Å². The third kappa shape index (κ3) is 4.32. The number of amides is 2. The van der Waals surface area contributed by atoms with Crippen molar-refractivity contribution < 1.29 is 14.3 Å². The number of methoxy groups -OCH3 is 1. The van der Waals surface area contributed by atoms with Crippen LogP contribution in [0, 0.1) is 11.8 Å². The van der Waals surface area contributed by atoms with Crippen molar-refractivity contribution in [3.05, 3.63) is 24.3 Å². The molecule has 1 saturated heterocycles. The molecule has 1 aliphatic heterocycles. The van der Waals surface area contributed by atoms with Crippen LogP contribution in [0.1, 0.15) is 38.5 Å². The zero-order valence-corrected chi connectivity index (χ0v) is 16.7. The van der Waals surface area contributed by atoms with E-state index in [0.717, 1.165) is 63.3 Å². The maximum absolute atomic E-state index is 13.3. The lowest BCUT2D eigenvalue weighted by molar-refractivity contribution is -0.135. The molecule has 6 nitrogen and oxygen atoms in total. The predicted molar refractivity (Wildman–Crippen MR) is 108 cm³/mol. The minimum atomic E-state index is -0.119. The summed E-state index contributed by atoms with van der Waals surface area (Å²) in [6.45, 7) is 3.05. The van der Waals surface area contributed by atoms with Crippen LogP contribution in [-0.2, 0) is 9.59 Å². The van der Waals surface area contributed by atoms with Gasteiger partial charge < -0.3 is 15.0 Å². The summed E-state index contributed by atoms with van der Waals surface area (Å²) in [5.74, 6) is 1.80. The van der Waals surface area contributed by atoms with Crippen LogP contribution in [0.5, 0.6) is 5.75 Å². The van der Waals surface area contributed by atoms with E-state index < -0.39 is 0 Å². The summed E-state index contributed by atoms with van der Waals surface area (Å²) >= 11 is 0. The molecule has 0 aromatic heterocycles.